The fraction of sp³-hybridized carbons (Fsp3) is 0.227. The average Bonchev–Trinajstić information content (AvgIpc) is 3.06. The Labute approximate surface area is 159 Å². The Morgan fingerprint density at radius 2 is 1.78 bits per heavy atom. The summed E-state index contributed by atoms with van der Waals surface area (Å²) < 4.78 is 11.3. The molecule has 0 aliphatic heterocycles. The summed E-state index contributed by atoms with van der Waals surface area (Å²) in [6.07, 6.45) is 0. The van der Waals surface area contributed by atoms with Crippen LogP contribution in [0.4, 0.5) is 5.69 Å². The van der Waals surface area contributed by atoms with Gasteiger partial charge in [0.05, 0.1) is 7.05 Å². The number of benzene rings is 2. The normalized spacial score (nSPS) is 11.8. The summed E-state index contributed by atoms with van der Waals surface area (Å²) in [5, 5.41) is 2.92. The van der Waals surface area contributed by atoms with Crippen molar-refractivity contribution in [1.82, 2.24) is 0 Å². The number of hydrogen-bond donors (Lipinski definition) is 2. The Morgan fingerprint density at radius 1 is 1.04 bits per heavy atom. The van der Waals surface area contributed by atoms with E-state index in [1.807, 2.05) is 80.7 Å². The molecule has 1 aromatic heterocycles. The molecule has 5 nitrogen and oxygen atoms in total. The number of ether oxygens (including phenoxy) is 1. The standard InChI is InChI=1S/C22H24N2O3/c1-17-8-11-21(27-17)14-24(2)15-22(25)23-19-9-12-20(13-10-19)26-16-18-6-4-3-5-7-18/h3-13H,14-16H2,1-2H3,(H,23,25)/p+1. The maximum atomic E-state index is 12.2. The first-order valence-electron chi connectivity index (χ1n) is 9.02. The van der Waals surface area contributed by atoms with Gasteiger partial charge in [0.25, 0.3) is 5.91 Å². The van der Waals surface area contributed by atoms with Crippen LogP contribution in [0.5, 0.6) is 5.75 Å². The van der Waals surface area contributed by atoms with Crippen molar-refractivity contribution in [1.29, 1.82) is 0 Å². The molecule has 2 N–H and O–H groups in total. The van der Waals surface area contributed by atoms with Crippen molar-refractivity contribution in [3.05, 3.63) is 83.8 Å². The van der Waals surface area contributed by atoms with Gasteiger partial charge in [-0.25, -0.2) is 0 Å². The Bertz CT molecular complexity index is 857. The number of anilines is 1. The average molecular weight is 365 g/mol. The van der Waals surface area contributed by atoms with Crippen LogP contribution in [0, 0.1) is 6.92 Å². The molecule has 2 aromatic carbocycles. The molecule has 140 valence electrons. The largest absolute Gasteiger partial charge is 0.489 e. The smallest absolute Gasteiger partial charge is 0.279 e. The van der Waals surface area contributed by atoms with E-state index in [1.54, 1.807) is 0 Å². The molecule has 0 bridgehead atoms. The topological polar surface area (TPSA) is 55.9 Å². The first-order chi connectivity index (χ1) is 13.1. The third-order valence-corrected chi connectivity index (χ3v) is 4.12. The van der Waals surface area contributed by atoms with E-state index < -0.39 is 0 Å². The van der Waals surface area contributed by atoms with Crippen molar-refractivity contribution in [2.45, 2.75) is 20.1 Å². The number of nitrogens with one attached hydrogen (secondary N) is 2. The number of carbonyl (C=O) groups excluding carboxylic acids is 1. The van der Waals surface area contributed by atoms with E-state index in [0.29, 0.717) is 19.7 Å². The van der Waals surface area contributed by atoms with E-state index in [0.717, 1.165) is 33.4 Å². The minimum atomic E-state index is -0.0336. The van der Waals surface area contributed by atoms with Gasteiger partial charge in [0.15, 0.2) is 12.3 Å². The second kappa shape index (κ2) is 9.05. The van der Waals surface area contributed by atoms with Crippen molar-refractivity contribution in [2.24, 2.45) is 0 Å². The van der Waals surface area contributed by atoms with Crippen LogP contribution < -0.4 is 15.0 Å². The number of carbonyl (C=O) groups is 1. The van der Waals surface area contributed by atoms with Crippen LogP contribution in [0.3, 0.4) is 0 Å². The number of hydrogen-bond acceptors (Lipinski definition) is 3. The molecular weight excluding hydrogens is 340 g/mol. The van der Waals surface area contributed by atoms with Crippen molar-refractivity contribution in [3.63, 3.8) is 0 Å². The Kier molecular flexibility index (Phi) is 6.28. The van der Waals surface area contributed by atoms with E-state index in [1.165, 1.54) is 0 Å². The molecule has 27 heavy (non-hydrogen) atoms. The zero-order valence-electron chi connectivity index (χ0n) is 15.7. The monoisotopic (exact) mass is 365 g/mol. The highest BCUT2D eigenvalue weighted by atomic mass is 16.5. The predicted octanol–water partition coefficient (Wildman–Crippen LogP) is 2.82. The Balaban J connectivity index is 1.45. The van der Waals surface area contributed by atoms with Crippen LogP contribution in [0.25, 0.3) is 0 Å². The number of aryl methyl sites for hydroxylation is 1. The quantitative estimate of drug-likeness (QED) is 0.645. The van der Waals surface area contributed by atoms with Gasteiger partial charge in [-0.2, -0.15) is 0 Å². The number of furan rings is 1. The van der Waals surface area contributed by atoms with Crippen LogP contribution in [0.2, 0.25) is 0 Å². The van der Waals surface area contributed by atoms with Gasteiger partial charge in [0.2, 0.25) is 0 Å². The Morgan fingerprint density at radius 3 is 2.44 bits per heavy atom. The SMILES string of the molecule is Cc1ccc(C[NH+](C)CC(=O)Nc2ccc(OCc3ccccc3)cc2)o1. The first-order valence-corrected chi connectivity index (χ1v) is 9.02. The minimum absolute atomic E-state index is 0.0336. The molecule has 0 saturated heterocycles. The molecule has 3 aromatic rings. The van der Waals surface area contributed by atoms with Crippen LogP contribution in [0.1, 0.15) is 17.1 Å². The lowest BCUT2D eigenvalue weighted by atomic mass is 10.2. The summed E-state index contributed by atoms with van der Waals surface area (Å²) in [5.41, 5.74) is 1.88. The maximum absolute atomic E-state index is 12.2. The summed E-state index contributed by atoms with van der Waals surface area (Å²) in [7, 11) is 1.97. The molecule has 0 fully saturated rings. The molecule has 0 saturated carbocycles. The number of amides is 1. The highest BCUT2D eigenvalue weighted by Crippen LogP contribution is 2.17. The number of quaternary nitrogens is 1. The fourth-order valence-corrected chi connectivity index (χ4v) is 2.79. The van der Waals surface area contributed by atoms with Crippen LogP contribution >= 0.6 is 0 Å². The molecule has 5 heteroatoms. The van der Waals surface area contributed by atoms with Gasteiger partial charge in [0, 0.05) is 5.69 Å². The molecular formula is C22H25N2O3+. The van der Waals surface area contributed by atoms with Crippen LogP contribution in [0.15, 0.2) is 71.1 Å². The third-order valence-electron chi connectivity index (χ3n) is 4.12. The van der Waals surface area contributed by atoms with Gasteiger partial charge < -0.3 is 19.4 Å². The van der Waals surface area contributed by atoms with Gasteiger partial charge in [0.1, 0.15) is 24.7 Å². The first kappa shape index (κ1) is 18.7. The molecule has 1 heterocycles. The third kappa shape index (κ3) is 6.01. The van der Waals surface area contributed by atoms with Crippen LogP contribution in [-0.4, -0.2) is 19.5 Å². The van der Waals surface area contributed by atoms with Crippen LogP contribution in [-0.2, 0) is 17.9 Å². The molecule has 1 atom stereocenters. The summed E-state index contributed by atoms with van der Waals surface area (Å²) in [4.78, 5) is 13.3. The minimum Gasteiger partial charge on any atom is -0.489 e. The van der Waals surface area contributed by atoms with Gasteiger partial charge in [-0.3, -0.25) is 4.79 Å². The van der Waals surface area contributed by atoms with Gasteiger partial charge >= 0.3 is 0 Å². The van der Waals surface area contributed by atoms with E-state index >= 15 is 0 Å². The van der Waals surface area contributed by atoms with Gasteiger partial charge in [-0.05, 0) is 48.9 Å². The van der Waals surface area contributed by atoms with Crippen molar-refractivity contribution in [2.75, 3.05) is 18.9 Å². The second-order valence-corrected chi connectivity index (χ2v) is 6.67. The van der Waals surface area contributed by atoms with Crippen molar-refractivity contribution < 1.29 is 18.8 Å². The predicted molar refractivity (Wildman–Crippen MR) is 105 cm³/mol. The molecule has 0 spiro atoms. The Hall–Kier alpha value is -3.05. The van der Waals surface area contributed by atoms with E-state index in [9.17, 15) is 4.79 Å². The summed E-state index contributed by atoms with van der Waals surface area (Å²) in [6, 6.07) is 21.3. The lowest BCUT2D eigenvalue weighted by Gasteiger charge is -2.13. The molecule has 0 aliphatic carbocycles. The second-order valence-electron chi connectivity index (χ2n) is 6.67. The van der Waals surface area contributed by atoms with Gasteiger partial charge in [-0.1, -0.05) is 30.3 Å². The van der Waals surface area contributed by atoms with E-state index in [2.05, 4.69) is 5.32 Å². The fourth-order valence-electron chi connectivity index (χ4n) is 2.79. The maximum Gasteiger partial charge on any atom is 0.279 e. The van der Waals surface area contributed by atoms with Gasteiger partial charge in [-0.15, -0.1) is 0 Å². The number of rotatable bonds is 8. The van der Waals surface area contributed by atoms with Crippen molar-refractivity contribution in [3.8, 4) is 5.75 Å². The highest BCUT2D eigenvalue weighted by Gasteiger charge is 2.12. The number of likely N-dealkylation sites (N-methyl/N-ethyl adjacent to an activating group) is 1. The lowest BCUT2D eigenvalue weighted by molar-refractivity contribution is -0.886. The molecule has 3 rings (SSSR count). The molecule has 0 aliphatic rings. The molecule has 1 unspecified atom stereocenters. The summed E-state index contributed by atoms with van der Waals surface area (Å²) >= 11 is 0. The van der Waals surface area contributed by atoms with E-state index in [-0.39, 0.29) is 5.91 Å². The molecule has 0 radical (unpaired) electrons. The highest BCUT2D eigenvalue weighted by molar-refractivity contribution is 5.91. The van der Waals surface area contributed by atoms with Crippen molar-refractivity contribution >= 4 is 11.6 Å². The summed E-state index contributed by atoms with van der Waals surface area (Å²) in [6.45, 7) is 3.48. The van der Waals surface area contributed by atoms with E-state index in [4.69, 9.17) is 9.15 Å². The zero-order chi connectivity index (χ0) is 19.1. The molecule has 1 amide bonds. The summed E-state index contributed by atoms with van der Waals surface area (Å²) in [5.74, 6) is 2.51. The lowest BCUT2D eigenvalue weighted by Crippen LogP contribution is -3.08. The zero-order valence-corrected chi connectivity index (χ0v) is 15.7.